The highest BCUT2D eigenvalue weighted by molar-refractivity contribution is 5.97. The maximum absolute atomic E-state index is 12.7. The zero-order valence-corrected chi connectivity index (χ0v) is 14.5. The maximum atomic E-state index is 12.7. The number of allylic oxidation sites excluding steroid dienone is 3. The van der Waals surface area contributed by atoms with E-state index in [1.165, 1.54) is 11.1 Å². The summed E-state index contributed by atoms with van der Waals surface area (Å²) in [4.78, 5) is 26.7. The summed E-state index contributed by atoms with van der Waals surface area (Å²) in [5.74, 6) is 0.362. The number of amides is 1. The van der Waals surface area contributed by atoms with Gasteiger partial charge in [-0.15, -0.1) is 0 Å². The molecule has 1 saturated heterocycles. The maximum Gasteiger partial charge on any atom is 0.229 e. The van der Waals surface area contributed by atoms with Crippen LogP contribution < -0.4 is 0 Å². The molecule has 0 spiro atoms. The lowest BCUT2D eigenvalue weighted by molar-refractivity contribution is -0.138. The zero-order chi connectivity index (χ0) is 16.6. The molecule has 126 valence electrons. The molecule has 0 aromatic heterocycles. The van der Waals surface area contributed by atoms with Crippen molar-refractivity contribution in [3.8, 4) is 0 Å². The Balaban J connectivity index is 1.84. The Morgan fingerprint density at radius 3 is 2.61 bits per heavy atom. The summed E-state index contributed by atoms with van der Waals surface area (Å²) in [6, 6.07) is 0. The molecule has 0 unspecified atom stereocenters. The molecule has 1 fully saturated rings. The molecule has 3 aliphatic rings. The molecule has 0 aromatic carbocycles. The minimum absolute atomic E-state index is 0.102. The van der Waals surface area contributed by atoms with Gasteiger partial charge in [0.2, 0.25) is 5.91 Å². The molecule has 1 heterocycles. The summed E-state index contributed by atoms with van der Waals surface area (Å²) in [5, 5.41) is 0. The predicted molar refractivity (Wildman–Crippen MR) is 88.9 cm³/mol. The largest absolute Gasteiger partial charge is 0.378 e. The van der Waals surface area contributed by atoms with Crippen molar-refractivity contribution in [1.82, 2.24) is 4.90 Å². The van der Waals surface area contributed by atoms with Crippen molar-refractivity contribution < 1.29 is 14.3 Å². The molecule has 0 saturated carbocycles. The fourth-order valence-corrected chi connectivity index (χ4v) is 4.09. The van der Waals surface area contributed by atoms with Crippen LogP contribution in [0.5, 0.6) is 0 Å². The van der Waals surface area contributed by atoms with Crippen molar-refractivity contribution in [2.24, 2.45) is 11.3 Å². The topological polar surface area (TPSA) is 46.6 Å². The van der Waals surface area contributed by atoms with Crippen molar-refractivity contribution in [3.63, 3.8) is 0 Å². The standard InChI is InChI=1S/C19H27NO3/c1-13(18(22)20-8-10-23-11-9-20)15-4-6-19(3)7-5-17(21)14(2)16(19)12-15/h12-13H,4-11H2,1-3H3/t13-,19-/m0/s1. The van der Waals surface area contributed by atoms with Crippen LogP contribution in [-0.2, 0) is 14.3 Å². The molecule has 2 aliphatic carbocycles. The second kappa shape index (κ2) is 6.23. The van der Waals surface area contributed by atoms with Gasteiger partial charge < -0.3 is 9.64 Å². The van der Waals surface area contributed by atoms with Crippen molar-refractivity contribution in [2.75, 3.05) is 26.3 Å². The first-order valence-corrected chi connectivity index (χ1v) is 8.74. The Hall–Kier alpha value is -1.42. The van der Waals surface area contributed by atoms with Crippen LogP contribution in [-0.4, -0.2) is 42.9 Å². The summed E-state index contributed by atoms with van der Waals surface area (Å²) < 4.78 is 5.33. The second-order valence-corrected chi connectivity index (χ2v) is 7.40. The predicted octanol–water partition coefficient (Wildman–Crippen LogP) is 2.89. The van der Waals surface area contributed by atoms with Crippen molar-refractivity contribution in [1.29, 1.82) is 0 Å². The SMILES string of the molecule is CC1=C2C=C([C@H](C)C(=O)N3CCOCC3)CC[C@@]2(C)CCC1=O. The van der Waals surface area contributed by atoms with Crippen molar-refractivity contribution in [2.45, 2.75) is 46.5 Å². The van der Waals surface area contributed by atoms with E-state index in [1.54, 1.807) is 0 Å². The van der Waals surface area contributed by atoms with Gasteiger partial charge in [-0.1, -0.05) is 18.6 Å². The quantitative estimate of drug-likeness (QED) is 0.787. The molecular formula is C19H27NO3. The third-order valence-electron chi connectivity index (χ3n) is 5.92. The number of ether oxygens (including phenoxy) is 1. The van der Waals surface area contributed by atoms with Crippen molar-refractivity contribution >= 4 is 11.7 Å². The van der Waals surface area contributed by atoms with E-state index in [9.17, 15) is 9.59 Å². The number of fused-ring (bicyclic) bond motifs is 1. The van der Waals surface area contributed by atoms with Gasteiger partial charge in [0.05, 0.1) is 19.1 Å². The van der Waals surface area contributed by atoms with Crippen LogP contribution in [0.1, 0.15) is 46.5 Å². The van der Waals surface area contributed by atoms with E-state index in [1.807, 2.05) is 18.7 Å². The van der Waals surface area contributed by atoms with Crippen LogP contribution in [0.15, 0.2) is 22.8 Å². The van der Waals surface area contributed by atoms with Gasteiger partial charge in [0.15, 0.2) is 5.78 Å². The van der Waals surface area contributed by atoms with Crippen molar-refractivity contribution in [3.05, 3.63) is 22.8 Å². The highest BCUT2D eigenvalue weighted by Crippen LogP contribution is 2.48. The molecule has 1 aliphatic heterocycles. The summed E-state index contributed by atoms with van der Waals surface area (Å²) >= 11 is 0. The van der Waals surface area contributed by atoms with E-state index in [2.05, 4.69) is 13.0 Å². The lowest BCUT2D eigenvalue weighted by Crippen LogP contribution is -2.44. The number of nitrogens with zero attached hydrogens (tertiary/aromatic N) is 1. The molecule has 0 bridgehead atoms. The number of hydrogen-bond acceptors (Lipinski definition) is 3. The zero-order valence-electron chi connectivity index (χ0n) is 14.5. The number of morpholine rings is 1. The smallest absolute Gasteiger partial charge is 0.229 e. The molecule has 23 heavy (non-hydrogen) atoms. The summed E-state index contributed by atoms with van der Waals surface area (Å²) in [5.41, 5.74) is 3.38. The first-order valence-electron chi connectivity index (χ1n) is 8.74. The van der Waals surface area contributed by atoms with Crippen LogP contribution in [0, 0.1) is 11.3 Å². The molecule has 4 heteroatoms. The van der Waals surface area contributed by atoms with Crippen LogP contribution in [0.2, 0.25) is 0 Å². The summed E-state index contributed by atoms with van der Waals surface area (Å²) in [6.07, 6.45) is 5.77. The fourth-order valence-electron chi connectivity index (χ4n) is 4.09. The fraction of sp³-hybridized carbons (Fsp3) is 0.684. The monoisotopic (exact) mass is 317 g/mol. The van der Waals surface area contributed by atoms with E-state index in [0.717, 1.165) is 24.8 Å². The van der Waals surface area contributed by atoms with E-state index >= 15 is 0 Å². The molecule has 0 radical (unpaired) electrons. The molecular weight excluding hydrogens is 290 g/mol. The molecule has 4 nitrogen and oxygen atoms in total. The van der Waals surface area contributed by atoms with Gasteiger partial charge in [-0.25, -0.2) is 0 Å². The Labute approximate surface area is 138 Å². The lowest BCUT2D eigenvalue weighted by atomic mass is 9.64. The Morgan fingerprint density at radius 2 is 1.91 bits per heavy atom. The number of hydrogen-bond donors (Lipinski definition) is 0. The van der Waals surface area contributed by atoms with E-state index < -0.39 is 0 Å². The Kier molecular flexibility index (Phi) is 4.45. The normalized spacial score (nSPS) is 30.0. The number of ketones is 1. The third kappa shape index (κ3) is 3.01. The van der Waals surface area contributed by atoms with Crippen LogP contribution in [0.4, 0.5) is 0 Å². The van der Waals surface area contributed by atoms with Crippen LogP contribution >= 0.6 is 0 Å². The number of carbonyl (C=O) groups excluding carboxylic acids is 2. The first-order chi connectivity index (χ1) is 10.9. The Bertz CT molecular complexity index is 583. The van der Waals surface area contributed by atoms with Gasteiger partial charge in [-0.3, -0.25) is 9.59 Å². The highest BCUT2D eigenvalue weighted by Gasteiger charge is 2.39. The molecule has 0 aromatic rings. The summed E-state index contributed by atoms with van der Waals surface area (Å²) in [7, 11) is 0. The first kappa shape index (κ1) is 16.4. The lowest BCUT2D eigenvalue weighted by Gasteiger charge is -2.41. The minimum atomic E-state index is -0.102. The van der Waals surface area contributed by atoms with E-state index in [4.69, 9.17) is 4.74 Å². The minimum Gasteiger partial charge on any atom is -0.378 e. The highest BCUT2D eigenvalue weighted by atomic mass is 16.5. The van der Waals surface area contributed by atoms with Gasteiger partial charge in [-0.05, 0) is 49.7 Å². The average molecular weight is 317 g/mol. The molecule has 0 N–H and O–H groups in total. The number of Topliss-reactive ketones (excluding diaryl/α,β-unsaturated/α-hetero) is 1. The molecule has 2 atom stereocenters. The van der Waals surface area contributed by atoms with Gasteiger partial charge in [-0.2, -0.15) is 0 Å². The van der Waals surface area contributed by atoms with Crippen LogP contribution in [0.25, 0.3) is 0 Å². The summed E-state index contributed by atoms with van der Waals surface area (Å²) in [6.45, 7) is 8.86. The second-order valence-electron chi connectivity index (χ2n) is 7.40. The number of rotatable bonds is 2. The number of carbonyl (C=O) groups is 2. The van der Waals surface area contributed by atoms with Gasteiger partial charge in [0, 0.05) is 19.5 Å². The molecule has 3 rings (SSSR count). The van der Waals surface area contributed by atoms with E-state index in [0.29, 0.717) is 32.7 Å². The van der Waals surface area contributed by atoms with Gasteiger partial charge in [0.25, 0.3) is 0 Å². The van der Waals surface area contributed by atoms with Crippen LogP contribution in [0.3, 0.4) is 0 Å². The van der Waals surface area contributed by atoms with Gasteiger partial charge in [0.1, 0.15) is 0 Å². The van der Waals surface area contributed by atoms with Gasteiger partial charge >= 0.3 is 0 Å². The molecule has 1 amide bonds. The Morgan fingerprint density at radius 1 is 1.26 bits per heavy atom. The van der Waals surface area contributed by atoms with E-state index in [-0.39, 0.29) is 23.0 Å². The third-order valence-corrected chi connectivity index (χ3v) is 5.92. The average Bonchev–Trinajstić information content (AvgIpc) is 2.58.